The third-order valence-electron chi connectivity index (χ3n) is 3.91. The van der Waals surface area contributed by atoms with E-state index in [1.807, 2.05) is 38.1 Å². The monoisotopic (exact) mass is 295 g/mol. The van der Waals surface area contributed by atoms with E-state index in [-0.39, 0.29) is 23.8 Å². The fraction of sp³-hybridized carbons (Fsp3) is 0.562. The Hall–Kier alpha value is -1.06. The smallest absolute Gasteiger partial charge is 0.223 e. The summed E-state index contributed by atoms with van der Waals surface area (Å²) in [6.07, 6.45) is 1.15. The molecule has 3 atom stereocenters. The van der Waals surface area contributed by atoms with Crippen LogP contribution in [0.1, 0.15) is 38.2 Å². The lowest BCUT2D eigenvalue weighted by Crippen LogP contribution is -2.30. The zero-order valence-corrected chi connectivity index (χ0v) is 12.7. The number of hydrogen-bond acceptors (Lipinski definition) is 2. The van der Waals surface area contributed by atoms with Crippen LogP contribution in [-0.2, 0) is 4.79 Å². The normalized spacial score (nSPS) is 22.6. The summed E-state index contributed by atoms with van der Waals surface area (Å²) in [7, 11) is 0. The molecule has 1 aliphatic carbocycles. The number of hydrogen-bond donors (Lipinski definition) is 2. The summed E-state index contributed by atoms with van der Waals surface area (Å²) in [6, 6.07) is 7.72. The molecule has 0 aromatic heterocycles. The van der Waals surface area contributed by atoms with Crippen molar-refractivity contribution in [3.8, 4) is 0 Å². The van der Waals surface area contributed by atoms with Crippen LogP contribution in [0, 0.1) is 11.8 Å². The summed E-state index contributed by atoms with van der Waals surface area (Å²) in [4.78, 5) is 12.0. The van der Waals surface area contributed by atoms with Crippen LogP contribution in [0.3, 0.4) is 0 Å². The van der Waals surface area contributed by atoms with E-state index in [4.69, 9.17) is 11.6 Å². The Balaban J connectivity index is 1.76. The van der Waals surface area contributed by atoms with Gasteiger partial charge in [0.05, 0.1) is 6.10 Å². The van der Waals surface area contributed by atoms with Crippen LogP contribution in [0.15, 0.2) is 24.3 Å². The quantitative estimate of drug-likeness (QED) is 0.848. The Bertz CT molecular complexity index is 475. The van der Waals surface area contributed by atoms with Crippen molar-refractivity contribution >= 4 is 17.5 Å². The van der Waals surface area contributed by atoms with Crippen LogP contribution in [0.25, 0.3) is 0 Å². The van der Waals surface area contributed by atoms with Crippen molar-refractivity contribution in [1.29, 1.82) is 0 Å². The van der Waals surface area contributed by atoms with Gasteiger partial charge in [0.15, 0.2) is 0 Å². The predicted molar refractivity (Wildman–Crippen MR) is 80.8 cm³/mol. The van der Waals surface area contributed by atoms with Crippen molar-refractivity contribution in [2.45, 2.75) is 38.7 Å². The molecule has 20 heavy (non-hydrogen) atoms. The minimum Gasteiger partial charge on any atom is -0.393 e. The molecule has 2 N–H and O–H groups in total. The minimum absolute atomic E-state index is 0.0599. The van der Waals surface area contributed by atoms with Crippen molar-refractivity contribution in [2.24, 2.45) is 11.8 Å². The van der Waals surface area contributed by atoms with E-state index in [0.717, 1.165) is 12.0 Å². The molecule has 1 aliphatic rings. The second-order valence-corrected chi connectivity index (χ2v) is 6.33. The average molecular weight is 296 g/mol. The van der Waals surface area contributed by atoms with Crippen LogP contribution >= 0.6 is 11.6 Å². The molecule has 4 heteroatoms. The third-order valence-corrected chi connectivity index (χ3v) is 4.15. The second-order valence-electron chi connectivity index (χ2n) is 5.89. The lowest BCUT2D eigenvalue weighted by molar-refractivity contribution is -0.122. The topological polar surface area (TPSA) is 49.3 Å². The number of halogens is 1. The van der Waals surface area contributed by atoms with Gasteiger partial charge in [-0.3, -0.25) is 4.79 Å². The van der Waals surface area contributed by atoms with Gasteiger partial charge in [0.1, 0.15) is 0 Å². The molecule has 0 saturated heterocycles. The van der Waals surface area contributed by atoms with Gasteiger partial charge in [-0.15, -0.1) is 0 Å². The fourth-order valence-electron chi connectivity index (χ4n) is 2.40. The van der Waals surface area contributed by atoms with E-state index < -0.39 is 0 Å². The number of carbonyl (C=O) groups excluding carboxylic acids is 1. The van der Waals surface area contributed by atoms with Gasteiger partial charge in [0, 0.05) is 17.5 Å². The molecule has 0 radical (unpaired) electrons. The molecule has 0 aliphatic heterocycles. The summed E-state index contributed by atoms with van der Waals surface area (Å²) in [6.45, 7) is 4.49. The Labute approximate surface area is 125 Å². The zero-order chi connectivity index (χ0) is 14.7. The predicted octanol–water partition coefficient (Wildman–Crippen LogP) is 2.97. The number of carbonyl (C=O) groups is 1. The van der Waals surface area contributed by atoms with E-state index in [1.165, 1.54) is 0 Å². The first kappa shape index (κ1) is 15.3. The number of benzene rings is 1. The first-order valence-electron chi connectivity index (χ1n) is 7.20. The van der Waals surface area contributed by atoms with Crippen LogP contribution in [0.2, 0.25) is 5.02 Å². The highest BCUT2D eigenvalue weighted by atomic mass is 35.5. The molecule has 1 fully saturated rings. The molecule has 1 amide bonds. The van der Waals surface area contributed by atoms with Crippen LogP contribution in [0.5, 0.6) is 0 Å². The molecule has 1 saturated carbocycles. The number of nitrogens with one attached hydrogen (secondary N) is 1. The SMILES string of the molecule is CC(C)C(O)CCNC(=O)C1CC1c1cccc(Cl)c1. The molecule has 0 bridgehead atoms. The molecular weight excluding hydrogens is 274 g/mol. The first-order chi connectivity index (χ1) is 9.49. The van der Waals surface area contributed by atoms with Crippen LogP contribution in [0.4, 0.5) is 0 Å². The van der Waals surface area contributed by atoms with Gasteiger partial charge >= 0.3 is 0 Å². The number of amides is 1. The first-order valence-corrected chi connectivity index (χ1v) is 7.58. The van der Waals surface area contributed by atoms with Crippen LogP contribution in [-0.4, -0.2) is 23.7 Å². The number of rotatable bonds is 6. The summed E-state index contributed by atoms with van der Waals surface area (Å²) < 4.78 is 0. The molecule has 110 valence electrons. The van der Waals surface area contributed by atoms with Gasteiger partial charge in [-0.05, 0) is 42.4 Å². The van der Waals surface area contributed by atoms with E-state index in [0.29, 0.717) is 23.9 Å². The van der Waals surface area contributed by atoms with Crippen molar-refractivity contribution in [3.63, 3.8) is 0 Å². The van der Waals surface area contributed by atoms with Gasteiger partial charge in [-0.25, -0.2) is 0 Å². The summed E-state index contributed by atoms with van der Waals surface area (Å²) in [5, 5.41) is 13.3. The van der Waals surface area contributed by atoms with Gasteiger partial charge in [0.2, 0.25) is 5.91 Å². The van der Waals surface area contributed by atoms with E-state index in [9.17, 15) is 9.90 Å². The van der Waals surface area contributed by atoms with Crippen LogP contribution < -0.4 is 5.32 Å². The highest BCUT2D eigenvalue weighted by molar-refractivity contribution is 6.30. The largest absolute Gasteiger partial charge is 0.393 e. The second kappa shape index (κ2) is 6.59. The Morgan fingerprint density at radius 2 is 2.25 bits per heavy atom. The molecule has 0 heterocycles. The minimum atomic E-state index is -0.349. The molecule has 1 aromatic rings. The third kappa shape index (κ3) is 3.97. The average Bonchev–Trinajstić information content (AvgIpc) is 3.18. The molecule has 3 unspecified atom stereocenters. The Morgan fingerprint density at radius 1 is 1.50 bits per heavy atom. The highest BCUT2D eigenvalue weighted by Gasteiger charge is 2.43. The standard InChI is InChI=1S/C16H22ClNO2/c1-10(2)15(19)6-7-18-16(20)14-9-13(14)11-4-3-5-12(17)8-11/h3-5,8,10,13-15,19H,6-7,9H2,1-2H3,(H,18,20). The Kier molecular flexibility index (Phi) is 5.06. The lowest BCUT2D eigenvalue weighted by atomic mass is 10.0. The van der Waals surface area contributed by atoms with Crippen molar-refractivity contribution < 1.29 is 9.90 Å². The van der Waals surface area contributed by atoms with Crippen molar-refractivity contribution in [2.75, 3.05) is 6.54 Å². The lowest BCUT2D eigenvalue weighted by Gasteiger charge is -2.14. The van der Waals surface area contributed by atoms with E-state index in [2.05, 4.69) is 5.32 Å². The number of aliphatic hydroxyl groups excluding tert-OH is 1. The summed E-state index contributed by atoms with van der Waals surface area (Å²) in [5.74, 6) is 0.673. The van der Waals surface area contributed by atoms with Gasteiger partial charge in [-0.1, -0.05) is 37.6 Å². The van der Waals surface area contributed by atoms with Gasteiger partial charge in [0.25, 0.3) is 0 Å². The molecule has 3 nitrogen and oxygen atoms in total. The van der Waals surface area contributed by atoms with Gasteiger partial charge in [-0.2, -0.15) is 0 Å². The Morgan fingerprint density at radius 3 is 2.90 bits per heavy atom. The molecule has 0 spiro atoms. The molecule has 2 rings (SSSR count). The number of aliphatic hydroxyl groups is 1. The molecular formula is C16H22ClNO2. The zero-order valence-electron chi connectivity index (χ0n) is 12.0. The van der Waals surface area contributed by atoms with E-state index >= 15 is 0 Å². The van der Waals surface area contributed by atoms with Gasteiger partial charge < -0.3 is 10.4 Å². The maximum Gasteiger partial charge on any atom is 0.223 e. The maximum atomic E-state index is 12.0. The summed E-state index contributed by atoms with van der Waals surface area (Å²) in [5.41, 5.74) is 1.14. The van der Waals surface area contributed by atoms with Crippen molar-refractivity contribution in [1.82, 2.24) is 5.32 Å². The summed E-state index contributed by atoms with van der Waals surface area (Å²) >= 11 is 5.96. The highest BCUT2D eigenvalue weighted by Crippen LogP contribution is 2.47. The van der Waals surface area contributed by atoms with Crippen molar-refractivity contribution in [3.05, 3.63) is 34.9 Å². The maximum absolute atomic E-state index is 12.0. The fourth-order valence-corrected chi connectivity index (χ4v) is 2.60. The molecule has 1 aromatic carbocycles. The van der Waals surface area contributed by atoms with E-state index in [1.54, 1.807) is 0 Å².